The average Bonchev–Trinajstić information content (AvgIpc) is 3.10. The van der Waals surface area contributed by atoms with Crippen LogP contribution >= 0.6 is 0 Å². The Hall–Kier alpha value is -2.95. The largest absolute Gasteiger partial charge is 0.348 e. The maximum Gasteiger partial charge on any atom is 0.251 e. The number of nitrogens with zero attached hydrogens (tertiary/aromatic N) is 3. The Labute approximate surface area is 179 Å². The van der Waals surface area contributed by atoms with Crippen molar-refractivity contribution >= 4 is 5.91 Å². The molecule has 3 rings (SSSR count). The van der Waals surface area contributed by atoms with E-state index in [1.54, 1.807) is 17.1 Å². The molecule has 158 valence electrons. The third-order valence-electron chi connectivity index (χ3n) is 5.24. The number of benzene rings is 1. The third kappa shape index (κ3) is 4.96. The number of pyridine rings is 1. The molecule has 3 aromatic rings. The smallest absolute Gasteiger partial charge is 0.251 e. The first kappa shape index (κ1) is 21.8. The molecule has 0 aliphatic carbocycles. The van der Waals surface area contributed by atoms with Crippen LogP contribution in [0.15, 0.2) is 48.9 Å². The van der Waals surface area contributed by atoms with Gasteiger partial charge in [0.1, 0.15) is 0 Å². The molecule has 0 spiro atoms. The molecule has 0 unspecified atom stereocenters. The summed E-state index contributed by atoms with van der Waals surface area (Å²) < 4.78 is 1.75. The number of amides is 1. The van der Waals surface area contributed by atoms with Gasteiger partial charge >= 0.3 is 0 Å². The highest BCUT2D eigenvalue weighted by molar-refractivity contribution is 5.94. The van der Waals surface area contributed by atoms with Gasteiger partial charge in [0.05, 0.1) is 11.9 Å². The first-order valence-corrected chi connectivity index (χ1v) is 10.3. The summed E-state index contributed by atoms with van der Waals surface area (Å²) in [4.78, 5) is 17.6. The quantitative estimate of drug-likeness (QED) is 0.665. The number of hydrogen-bond donors (Lipinski definition) is 1. The fraction of sp³-hybridized carbons (Fsp3) is 0.400. The minimum absolute atomic E-state index is 0.0346. The molecular weight excluding hydrogens is 372 g/mol. The number of aromatic nitrogens is 3. The van der Waals surface area contributed by atoms with Crippen LogP contribution < -0.4 is 5.32 Å². The SMILES string of the molecule is Cn1cc(-c2ncccc2CNC(=O)c2cc(C(C)(C)C)cc(C(C)(C)C)c2)cn1. The molecule has 0 radical (unpaired) electrons. The van der Waals surface area contributed by atoms with E-state index in [1.165, 1.54) is 0 Å². The number of aryl methyl sites for hydroxylation is 1. The number of hydrogen-bond acceptors (Lipinski definition) is 3. The van der Waals surface area contributed by atoms with Crippen LogP contribution in [0, 0.1) is 0 Å². The van der Waals surface area contributed by atoms with E-state index in [2.05, 4.69) is 63.0 Å². The van der Waals surface area contributed by atoms with Crippen molar-refractivity contribution in [3.63, 3.8) is 0 Å². The van der Waals surface area contributed by atoms with Gasteiger partial charge in [0, 0.05) is 37.1 Å². The average molecular weight is 405 g/mol. The molecule has 0 aliphatic heterocycles. The van der Waals surface area contributed by atoms with E-state index in [-0.39, 0.29) is 16.7 Å². The lowest BCUT2D eigenvalue weighted by atomic mass is 9.79. The van der Waals surface area contributed by atoms with Crippen molar-refractivity contribution in [2.24, 2.45) is 7.05 Å². The van der Waals surface area contributed by atoms with Crippen molar-refractivity contribution in [2.75, 3.05) is 0 Å². The maximum absolute atomic E-state index is 13.1. The third-order valence-corrected chi connectivity index (χ3v) is 5.24. The topological polar surface area (TPSA) is 59.8 Å². The first-order chi connectivity index (χ1) is 13.9. The van der Waals surface area contributed by atoms with Crippen LogP contribution in [0.25, 0.3) is 11.3 Å². The highest BCUT2D eigenvalue weighted by atomic mass is 16.1. The van der Waals surface area contributed by atoms with Crippen LogP contribution in [-0.4, -0.2) is 20.7 Å². The van der Waals surface area contributed by atoms with Crippen LogP contribution in [-0.2, 0) is 24.4 Å². The van der Waals surface area contributed by atoms with E-state index in [1.807, 2.05) is 37.5 Å². The summed E-state index contributed by atoms with van der Waals surface area (Å²) in [5.41, 5.74) is 5.69. The van der Waals surface area contributed by atoms with Gasteiger partial charge in [0.2, 0.25) is 0 Å². The first-order valence-electron chi connectivity index (χ1n) is 10.3. The molecule has 2 aromatic heterocycles. The van der Waals surface area contributed by atoms with Crippen LogP contribution in [0.3, 0.4) is 0 Å². The Morgan fingerprint density at radius 3 is 2.20 bits per heavy atom. The molecule has 0 saturated carbocycles. The molecule has 1 amide bonds. The fourth-order valence-electron chi connectivity index (χ4n) is 3.29. The molecule has 0 fully saturated rings. The zero-order valence-corrected chi connectivity index (χ0v) is 19.1. The van der Waals surface area contributed by atoms with Crippen molar-refractivity contribution < 1.29 is 4.79 Å². The molecule has 0 bridgehead atoms. The van der Waals surface area contributed by atoms with Crippen LogP contribution in [0.2, 0.25) is 0 Å². The summed E-state index contributed by atoms with van der Waals surface area (Å²) >= 11 is 0. The van der Waals surface area contributed by atoms with Gasteiger partial charge in [0.15, 0.2) is 0 Å². The summed E-state index contributed by atoms with van der Waals surface area (Å²) in [7, 11) is 1.88. The Balaban J connectivity index is 1.87. The van der Waals surface area contributed by atoms with Crippen LogP contribution in [0.1, 0.15) is 68.6 Å². The van der Waals surface area contributed by atoms with Gasteiger partial charge in [-0.2, -0.15) is 5.10 Å². The standard InChI is InChI=1S/C25H32N4O/c1-24(2,3)20-11-18(12-21(13-20)25(4,5)6)23(30)27-14-17-9-8-10-26-22(17)19-15-28-29(7)16-19/h8-13,15-16H,14H2,1-7H3,(H,27,30). The molecule has 5 nitrogen and oxygen atoms in total. The van der Waals surface area contributed by atoms with Crippen molar-refractivity contribution in [3.8, 4) is 11.3 Å². The molecular formula is C25H32N4O. The second kappa shape index (κ2) is 8.05. The minimum Gasteiger partial charge on any atom is -0.348 e. The Kier molecular flexibility index (Phi) is 5.84. The van der Waals surface area contributed by atoms with Gasteiger partial charge in [-0.3, -0.25) is 14.5 Å². The summed E-state index contributed by atoms with van der Waals surface area (Å²) in [6, 6.07) is 10.1. The molecule has 0 aliphatic rings. The number of nitrogens with one attached hydrogen (secondary N) is 1. The number of carbonyl (C=O) groups excluding carboxylic acids is 1. The molecule has 30 heavy (non-hydrogen) atoms. The summed E-state index contributed by atoms with van der Waals surface area (Å²) in [6.45, 7) is 13.4. The number of carbonyl (C=O) groups is 1. The van der Waals surface area contributed by atoms with Gasteiger partial charge < -0.3 is 5.32 Å². The minimum atomic E-state index is -0.0763. The highest BCUT2D eigenvalue weighted by Crippen LogP contribution is 2.30. The van der Waals surface area contributed by atoms with Crippen molar-refractivity contribution in [3.05, 3.63) is 71.2 Å². The summed E-state index contributed by atoms with van der Waals surface area (Å²) in [5.74, 6) is -0.0763. The molecule has 0 atom stereocenters. The fourth-order valence-corrected chi connectivity index (χ4v) is 3.29. The van der Waals surface area contributed by atoms with Crippen molar-refractivity contribution in [1.82, 2.24) is 20.1 Å². The van der Waals surface area contributed by atoms with Crippen molar-refractivity contribution in [2.45, 2.75) is 58.9 Å². The monoisotopic (exact) mass is 404 g/mol. The molecule has 5 heteroatoms. The lowest BCUT2D eigenvalue weighted by Crippen LogP contribution is -2.25. The summed E-state index contributed by atoms with van der Waals surface area (Å²) in [5, 5.41) is 7.31. The van der Waals surface area contributed by atoms with Crippen molar-refractivity contribution in [1.29, 1.82) is 0 Å². The molecule has 2 heterocycles. The van der Waals surface area contributed by atoms with Gasteiger partial charge in [-0.15, -0.1) is 0 Å². The van der Waals surface area contributed by atoms with Gasteiger partial charge in [-0.05, 0) is 45.7 Å². The Morgan fingerprint density at radius 2 is 1.67 bits per heavy atom. The molecule has 0 saturated heterocycles. The lowest BCUT2D eigenvalue weighted by Gasteiger charge is -2.26. The maximum atomic E-state index is 13.1. The van der Waals surface area contributed by atoms with Gasteiger partial charge in [-0.1, -0.05) is 53.7 Å². The van der Waals surface area contributed by atoms with Crippen LogP contribution in [0.5, 0.6) is 0 Å². The normalized spacial score (nSPS) is 12.1. The van der Waals surface area contributed by atoms with Gasteiger partial charge in [-0.25, -0.2) is 0 Å². The highest BCUT2D eigenvalue weighted by Gasteiger charge is 2.22. The van der Waals surface area contributed by atoms with Gasteiger partial charge in [0.25, 0.3) is 5.91 Å². The Morgan fingerprint density at radius 1 is 1.03 bits per heavy atom. The van der Waals surface area contributed by atoms with E-state index in [0.717, 1.165) is 27.9 Å². The second-order valence-corrected chi connectivity index (χ2v) is 9.90. The van der Waals surface area contributed by atoms with E-state index < -0.39 is 0 Å². The Bertz CT molecular complexity index is 1020. The number of rotatable bonds is 4. The summed E-state index contributed by atoms with van der Waals surface area (Å²) in [6.07, 6.45) is 5.47. The zero-order chi connectivity index (χ0) is 22.1. The predicted molar refractivity (Wildman–Crippen MR) is 121 cm³/mol. The van der Waals surface area contributed by atoms with E-state index in [4.69, 9.17) is 0 Å². The molecule has 1 N–H and O–H groups in total. The van der Waals surface area contributed by atoms with E-state index in [0.29, 0.717) is 12.1 Å². The van der Waals surface area contributed by atoms with E-state index in [9.17, 15) is 4.79 Å². The van der Waals surface area contributed by atoms with E-state index >= 15 is 0 Å². The second-order valence-electron chi connectivity index (χ2n) is 9.90. The lowest BCUT2D eigenvalue weighted by molar-refractivity contribution is 0.0950. The predicted octanol–water partition coefficient (Wildman–Crippen LogP) is 5.01. The zero-order valence-electron chi connectivity index (χ0n) is 19.1. The van der Waals surface area contributed by atoms with Crippen LogP contribution in [0.4, 0.5) is 0 Å². The molecule has 1 aromatic carbocycles.